The van der Waals surface area contributed by atoms with Crippen molar-refractivity contribution in [3.63, 3.8) is 0 Å². The molecule has 0 amide bonds. The minimum Gasteiger partial charge on any atom is -0.492 e. The normalized spacial score (nSPS) is 18.1. The number of rotatable bonds is 7. The maximum absolute atomic E-state index is 6.05. The molecule has 32 heavy (non-hydrogen) atoms. The maximum Gasteiger partial charge on any atom is 0.144 e. The van der Waals surface area contributed by atoms with E-state index in [2.05, 4.69) is 34.1 Å². The number of benzene rings is 2. The second-order valence-electron chi connectivity index (χ2n) is 8.96. The molecule has 0 aromatic heterocycles. The molecule has 2 aliphatic heterocycles. The van der Waals surface area contributed by atoms with Gasteiger partial charge >= 0.3 is 0 Å². The molecule has 2 saturated heterocycles. The van der Waals surface area contributed by atoms with Gasteiger partial charge in [0.05, 0.1) is 24.6 Å². The lowest BCUT2D eigenvalue weighted by Crippen LogP contribution is -2.41. The molecule has 0 spiro atoms. The lowest BCUT2D eigenvalue weighted by Gasteiger charge is -2.41. The van der Waals surface area contributed by atoms with Crippen LogP contribution in [0.15, 0.2) is 36.4 Å². The number of nitrogens with zero attached hydrogens (tertiary/aromatic N) is 2. The molecule has 2 aliphatic rings. The number of hydrogen-bond donors (Lipinski definition) is 2. The third kappa shape index (κ3) is 5.00. The van der Waals surface area contributed by atoms with Crippen molar-refractivity contribution in [2.24, 2.45) is 11.8 Å². The number of piperidine rings is 2. The van der Waals surface area contributed by atoms with Crippen molar-refractivity contribution >= 4 is 22.7 Å². The quantitative estimate of drug-likeness (QED) is 0.606. The highest BCUT2D eigenvalue weighted by Crippen LogP contribution is 2.37. The fourth-order valence-electron chi connectivity index (χ4n) is 5.26. The van der Waals surface area contributed by atoms with Gasteiger partial charge in [-0.2, -0.15) is 0 Å². The van der Waals surface area contributed by atoms with E-state index in [1.165, 1.54) is 37.1 Å². The number of nitrogens with two attached hydrogens (primary N) is 2. The van der Waals surface area contributed by atoms with Crippen molar-refractivity contribution in [3.05, 3.63) is 36.4 Å². The molecule has 0 radical (unpaired) electrons. The number of anilines is 4. The van der Waals surface area contributed by atoms with E-state index in [4.69, 9.17) is 20.9 Å². The Morgan fingerprint density at radius 3 is 1.41 bits per heavy atom. The first-order chi connectivity index (χ1) is 15.6. The van der Waals surface area contributed by atoms with Gasteiger partial charge in [0.2, 0.25) is 0 Å². The molecule has 0 bridgehead atoms. The average Bonchev–Trinajstić information content (AvgIpc) is 2.82. The fourth-order valence-corrected chi connectivity index (χ4v) is 5.26. The van der Waals surface area contributed by atoms with Gasteiger partial charge in [-0.25, -0.2) is 0 Å². The summed E-state index contributed by atoms with van der Waals surface area (Å²) < 4.78 is 11.4. The summed E-state index contributed by atoms with van der Waals surface area (Å²) in [5, 5.41) is 0. The van der Waals surface area contributed by atoms with Crippen LogP contribution in [0.1, 0.15) is 39.5 Å². The predicted molar refractivity (Wildman–Crippen MR) is 134 cm³/mol. The van der Waals surface area contributed by atoms with Crippen LogP contribution in [0.2, 0.25) is 0 Å². The van der Waals surface area contributed by atoms with E-state index in [9.17, 15) is 0 Å². The Bertz CT molecular complexity index is 814. The predicted octanol–water partition coefficient (Wildman–Crippen LogP) is 4.78. The monoisotopic (exact) mass is 438 g/mol. The highest BCUT2D eigenvalue weighted by Gasteiger charge is 2.30. The van der Waals surface area contributed by atoms with E-state index >= 15 is 0 Å². The van der Waals surface area contributed by atoms with Gasteiger partial charge in [0.1, 0.15) is 11.5 Å². The summed E-state index contributed by atoms with van der Waals surface area (Å²) in [7, 11) is 0. The van der Waals surface area contributed by atoms with E-state index in [0.29, 0.717) is 24.6 Å². The minimum absolute atomic E-state index is 0.637. The molecule has 0 unspecified atom stereocenters. The minimum atomic E-state index is 0.637. The summed E-state index contributed by atoms with van der Waals surface area (Å²) in [4.78, 5) is 4.97. The van der Waals surface area contributed by atoms with E-state index in [1.54, 1.807) is 0 Å². The first-order valence-corrected chi connectivity index (χ1v) is 12.1. The van der Waals surface area contributed by atoms with Gasteiger partial charge in [-0.15, -0.1) is 0 Å². The van der Waals surface area contributed by atoms with Crippen LogP contribution < -0.4 is 30.7 Å². The van der Waals surface area contributed by atoms with Gasteiger partial charge in [0.15, 0.2) is 0 Å². The summed E-state index contributed by atoms with van der Waals surface area (Å²) >= 11 is 0. The van der Waals surface area contributed by atoms with Gasteiger partial charge in [0, 0.05) is 49.7 Å². The highest BCUT2D eigenvalue weighted by atomic mass is 16.5. The van der Waals surface area contributed by atoms with Crippen LogP contribution in [-0.2, 0) is 0 Å². The fraction of sp³-hybridized carbons (Fsp3) is 0.538. The summed E-state index contributed by atoms with van der Waals surface area (Å²) in [6.45, 7) is 9.69. The smallest absolute Gasteiger partial charge is 0.144 e. The molecule has 4 rings (SSSR count). The highest BCUT2D eigenvalue weighted by molar-refractivity contribution is 5.63. The molecule has 0 saturated carbocycles. The molecular formula is C26H38N4O2. The zero-order valence-corrected chi connectivity index (χ0v) is 19.6. The van der Waals surface area contributed by atoms with Gasteiger partial charge in [-0.05, 0) is 75.6 Å². The Balaban J connectivity index is 1.30. The van der Waals surface area contributed by atoms with Crippen molar-refractivity contribution in [2.75, 3.05) is 60.7 Å². The molecule has 4 N–H and O–H groups in total. The van der Waals surface area contributed by atoms with Crippen molar-refractivity contribution in [1.29, 1.82) is 0 Å². The Labute approximate surface area is 192 Å². The SMILES string of the molecule is CCOc1cc(N2CCC(C3CCN(c4ccc(N)c(OCC)c4)CC3)CC2)ccc1N. The Kier molecular flexibility index (Phi) is 7.18. The lowest BCUT2D eigenvalue weighted by molar-refractivity contribution is 0.233. The first-order valence-electron chi connectivity index (χ1n) is 12.1. The van der Waals surface area contributed by atoms with Gasteiger partial charge in [-0.3, -0.25) is 0 Å². The number of nitrogen functional groups attached to an aromatic ring is 2. The molecule has 2 aromatic rings. The van der Waals surface area contributed by atoms with Gasteiger partial charge in [-0.1, -0.05) is 0 Å². The lowest BCUT2D eigenvalue weighted by atomic mass is 9.78. The summed E-state index contributed by atoms with van der Waals surface area (Å²) in [6, 6.07) is 12.4. The number of ether oxygens (including phenoxy) is 2. The zero-order chi connectivity index (χ0) is 22.5. The van der Waals surface area contributed by atoms with Crippen LogP contribution in [0.25, 0.3) is 0 Å². The molecular weight excluding hydrogens is 400 g/mol. The van der Waals surface area contributed by atoms with Crippen molar-refractivity contribution < 1.29 is 9.47 Å². The first kappa shape index (κ1) is 22.4. The average molecular weight is 439 g/mol. The van der Waals surface area contributed by atoms with Crippen LogP contribution in [0, 0.1) is 11.8 Å². The Morgan fingerprint density at radius 2 is 1.06 bits per heavy atom. The molecule has 174 valence electrons. The van der Waals surface area contributed by atoms with Crippen molar-refractivity contribution in [1.82, 2.24) is 0 Å². The molecule has 0 atom stereocenters. The van der Waals surface area contributed by atoms with E-state index in [1.807, 2.05) is 26.0 Å². The molecule has 2 aromatic carbocycles. The standard InChI is InChI=1S/C26H38N4O2/c1-3-31-25-17-21(5-7-23(25)27)29-13-9-19(10-14-29)20-11-15-30(16-12-20)22-6-8-24(28)26(18-22)32-4-2/h5-8,17-20H,3-4,9-16,27-28H2,1-2H3. The molecule has 2 fully saturated rings. The maximum atomic E-state index is 6.05. The van der Waals surface area contributed by atoms with Crippen LogP contribution >= 0.6 is 0 Å². The van der Waals surface area contributed by atoms with Gasteiger partial charge < -0.3 is 30.7 Å². The topological polar surface area (TPSA) is 77.0 Å². The third-order valence-corrected chi connectivity index (χ3v) is 7.07. The van der Waals surface area contributed by atoms with Crippen molar-refractivity contribution in [2.45, 2.75) is 39.5 Å². The van der Waals surface area contributed by atoms with E-state index in [0.717, 1.165) is 49.5 Å². The molecule has 6 nitrogen and oxygen atoms in total. The molecule has 6 heteroatoms. The van der Waals surface area contributed by atoms with E-state index in [-0.39, 0.29) is 0 Å². The molecule has 0 aliphatic carbocycles. The van der Waals surface area contributed by atoms with Crippen molar-refractivity contribution in [3.8, 4) is 11.5 Å². The summed E-state index contributed by atoms with van der Waals surface area (Å²) in [5.41, 5.74) is 16.0. The zero-order valence-electron chi connectivity index (χ0n) is 19.6. The third-order valence-electron chi connectivity index (χ3n) is 7.07. The Hall–Kier alpha value is -2.76. The largest absolute Gasteiger partial charge is 0.492 e. The summed E-state index contributed by atoms with van der Waals surface area (Å²) in [6.07, 6.45) is 5.04. The van der Waals surface area contributed by atoms with Crippen LogP contribution in [0.5, 0.6) is 11.5 Å². The second-order valence-corrected chi connectivity index (χ2v) is 8.96. The number of hydrogen-bond acceptors (Lipinski definition) is 6. The van der Waals surface area contributed by atoms with Gasteiger partial charge in [0.25, 0.3) is 0 Å². The van der Waals surface area contributed by atoms with Crippen LogP contribution in [-0.4, -0.2) is 39.4 Å². The Morgan fingerprint density at radius 1 is 0.688 bits per heavy atom. The van der Waals surface area contributed by atoms with Crippen LogP contribution in [0.3, 0.4) is 0 Å². The molecule has 2 heterocycles. The summed E-state index contributed by atoms with van der Waals surface area (Å²) in [5.74, 6) is 3.24. The van der Waals surface area contributed by atoms with E-state index < -0.39 is 0 Å². The van der Waals surface area contributed by atoms with Crippen LogP contribution in [0.4, 0.5) is 22.7 Å². The second kappa shape index (κ2) is 10.2.